The van der Waals surface area contributed by atoms with Crippen molar-refractivity contribution in [2.75, 3.05) is 0 Å². The van der Waals surface area contributed by atoms with E-state index in [0.717, 1.165) is 4.57 Å². The molecule has 15 heteroatoms. The fourth-order valence-corrected chi connectivity index (χ4v) is 5.73. The Labute approximate surface area is 252 Å². The third-order valence-corrected chi connectivity index (χ3v) is 12.3. The van der Waals surface area contributed by atoms with Gasteiger partial charge in [-0.25, -0.2) is 4.79 Å². The molecule has 0 aliphatic heterocycles. The molecule has 0 fully saturated rings. The number of aromatic amines is 1. The molecule has 2 aromatic heterocycles. The van der Waals surface area contributed by atoms with E-state index < -0.39 is 84.8 Å². The summed E-state index contributed by atoms with van der Waals surface area (Å²) in [7, 11) is -2.95. The lowest BCUT2D eigenvalue weighted by Crippen LogP contribution is -2.59. The number of primary amides is 1. The highest BCUT2D eigenvalue weighted by atomic mass is 28.4. The molecule has 44 heavy (non-hydrogen) atoms. The van der Waals surface area contributed by atoms with Crippen molar-refractivity contribution in [2.45, 2.75) is 84.2 Å². The zero-order valence-electron chi connectivity index (χ0n) is 25.7. The summed E-state index contributed by atoms with van der Waals surface area (Å²) < 4.78 is 50.6. The van der Waals surface area contributed by atoms with Crippen LogP contribution in [0.1, 0.15) is 34.6 Å². The zero-order valence-corrected chi connectivity index (χ0v) is 26.7. The van der Waals surface area contributed by atoms with E-state index in [1.165, 1.54) is 19.9 Å². The number of nitrogens with zero attached hydrogens (tertiary/aromatic N) is 2. The fourth-order valence-electron chi connectivity index (χ4n) is 4.46. The Morgan fingerprint density at radius 2 is 1.59 bits per heavy atom. The Hall–Kier alpha value is -3.98. The van der Waals surface area contributed by atoms with E-state index >= 15 is 0 Å². The summed E-state index contributed by atoms with van der Waals surface area (Å²) in [5.74, 6) is -2.59. The number of alkyl halides is 3. The molecule has 3 aromatic rings. The quantitative estimate of drug-likeness (QED) is 0.290. The molecule has 2 heterocycles. The molecule has 11 nitrogen and oxygen atoms in total. The molecule has 0 saturated carbocycles. The van der Waals surface area contributed by atoms with Crippen molar-refractivity contribution < 1.29 is 27.2 Å². The van der Waals surface area contributed by atoms with Crippen LogP contribution in [0.4, 0.5) is 13.2 Å². The summed E-state index contributed by atoms with van der Waals surface area (Å²) in [6.45, 7) is 10.4. The molecule has 240 valence electrons. The van der Waals surface area contributed by atoms with E-state index in [0.29, 0.717) is 10.1 Å². The van der Waals surface area contributed by atoms with E-state index in [1.54, 1.807) is 64.2 Å². The summed E-state index contributed by atoms with van der Waals surface area (Å²) in [4.78, 5) is 66.5. The van der Waals surface area contributed by atoms with Crippen LogP contribution >= 0.6 is 0 Å². The van der Waals surface area contributed by atoms with E-state index in [2.05, 4.69) is 10.3 Å². The number of halogens is 3. The monoisotopic (exact) mass is 637 g/mol. The molecule has 2 amide bonds. The molecule has 2 atom stereocenters. The van der Waals surface area contributed by atoms with Gasteiger partial charge in [0.15, 0.2) is 14.4 Å². The van der Waals surface area contributed by atoms with Crippen molar-refractivity contribution in [2.24, 2.45) is 11.7 Å². The van der Waals surface area contributed by atoms with Crippen LogP contribution in [0.3, 0.4) is 0 Å². The molecule has 0 bridgehead atoms. The van der Waals surface area contributed by atoms with Gasteiger partial charge in [-0.15, -0.1) is 0 Å². The van der Waals surface area contributed by atoms with Crippen LogP contribution in [0, 0.1) is 5.92 Å². The molecule has 0 aliphatic carbocycles. The van der Waals surface area contributed by atoms with Crippen molar-refractivity contribution in [1.29, 1.82) is 0 Å². The number of hydrogen-bond donors (Lipinski definition) is 3. The van der Waals surface area contributed by atoms with Crippen LogP contribution in [-0.4, -0.2) is 52.6 Å². The van der Waals surface area contributed by atoms with Crippen molar-refractivity contribution in [3.05, 3.63) is 67.6 Å². The van der Waals surface area contributed by atoms with Gasteiger partial charge in [0.2, 0.25) is 11.8 Å². The third-order valence-electron chi connectivity index (χ3n) is 7.86. The minimum atomic E-state index is -4.81. The number of nitrogens with two attached hydrogens (primary N) is 1. The van der Waals surface area contributed by atoms with Crippen LogP contribution in [0.15, 0.2) is 50.8 Å². The van der Waals surface area contributed by atoms with Gasteiger partial charge in [0.25, 0.3) is 11.1 Å². The first-order chi connectivity index (χ1) is 20.2. The Morgan fingerprint density at radius 1 is 1.00 bits per heavy atom. The number of nitrogens with one attached hydrogen (secondary N) is 2. The van der Waals surface area contributed by atoms with Gasteiger partial charge < -0.3 is 20.5 Å². The molecule has 3 rings (SSSR count). The molecule has 0 saturated heterocycles. The Balaban J connectivity index is 2.14. The van der Waals surface area contributed by atoms with Gasteiger partial charge in [-0.2, -0.15) is 13.2 Å². The number of aromatic nitrogens is 3. The molecule has 0 radical (unpaired) electrons. The number of carbonyl (C=O) groups is 2. The highest BCUT2D eigenvalue weighted by molar-refractivity contribution is 6.74. The van der Waals surface area contributed by atoms with Gasteiger partial charge in [-0.1, -0.05) is 65.0 Å². The average molecular weight is 638 g/mol. The predicted octanol–water partition coefficient (Wildman–Crippen LogP) is 3.10. The third kappa shape index (κ3) is 7.38. The Bertz CT molecular complexity index is 1720. The number of benzene rings is 1. The minimum Gasteiger partial charge on any atom is -0.404 e. The number of H-pyrrole nitrogens is 1. The van der Waals surface area contributed by atoms with Gasteiger partial charge in [0.1, 0.15) is 18.6 Å². The number of rotatable bonds is 10. The van der Waals surface area contributed by atoms with Gasteiger partial charge in [0, 0.05) is 0 Å². The zero-order chi connectivity index (χ0) is 33.4. The number of fused-ring (bicyclic) bond motifs is 1. The second kappa shape index (κ2) is 12.6. The second-order valence-electron chi connectivity index (χ2n) is 12.5. The molecule has 1 aromatic carbocycles. The van der Waals surface area contributed by atoms with E-state index in [9.17, 15) is 37.1 Å². The van der Waals surface area contributed by atoms with Crippen LogP contribution in [0.25, 0.3) is 22.2 Å². The number of hydrogen-bond acceptors (Lipinski definition) is 6. The van der Waals surface area contributed by atoms with Crippen LogP contribution < -0.4 is 27.9 Å². The van der Waals surface area contributed by atoms with Crippen LogP contribution in [-0.2, 0) is 27.1 Å². The maximum absolute atomic E-state index is 14.4. The first-order valence-corrected chi connectivity index (χ1v) is 16.8. The van der Waals surface area contributed by atoms with Crippen molar-refractivity contribution in [3.8, 4) is 11.3 Å². The number of carbonyl (C=O) groups excluding carboxylic acids is 2. The maximum atomic E-state index is 14.4. The Kier molecular flexibility index (Phi) is 9.85. The van der Waals surface area contributed by atoms with Crippen LogP contribution in [0.2, 0.25) is 18.1 Å². The minimum absolute atomic E-state index is 0.0824. The summed E-state index contributed by atoms with van der Waals surface area (Å²) in [6, 6.07) is 7.98. The van der Waals surface area contributed by atoms with Crippen molar-refractivity contribution >= 4 is 31.0 Å². The van der Waals surface area contributed by atoms with Crippen molar-refractivity contribution in [1.82, 2.24) is 19.4 Å². The Morgan fingerprint density at radius 3 is 2.09 bits per heavy atom. The predicted molar refractivity (Wildman–Crippen MR) is 163 cm³/mol. The molecular formula is C29H38F3N5O6Si. The van der Waals surface area contributed by atoms with Gasteiger partial charge in [-0.05, 0) is 35.7 Å². The highest BCUT2D eigenvalue weighted by Gasteiger charge is 2.52. The first-order valence-electron chi connectivity index (χ1n) is 13.9. The molecular weight excluding hydrogens is 599 g/mol. The van der Waals surface area contributed by atoms with E-state index in [1.807, 2.05) is 0 Å². The summed E-state index contributed by atoms with van der Waals surface area (Å²) in [5, 5.41) is 1.65. The van der Waals surface area contributed by atoms with Gasteiger partial charge in [0.05, 0.1) is 17.1 Å². The lowest BCUT2D eigenvalue weighted by molar-refractivity contribution is -0.210. The maximum Gasteiger partial charge on any atom is 0.415 e. The normalized spacial score (nSPS) is 14.1. The average Bonchev–Trinajstić information content (AvgIpc) is 2.89. The van der Waals surface area contributed by atoms with Crippen molar-refractivity contribution in [3.63, 3.8) is 0 Å². The first kappa shape index (κ1) is 34.5. The standard InChI is InChI=1S/C29H38F3N5O6Si/c1-16(2)22(24(29(30,31)32)43-44(6,7)28(3,4)5)34-21(39)15-36-19(17-11-9-8-10-12-17)13-18-23(26(36)41)35-27(42)37(25(18)40)14-20(33)38/h8-13,16,22,24H,14-15H2,1-7H3,(H2,33,38)(H,34,39)(H,35,42). The smallest absolute Gasteiger partial charge is 0.404 e. The SMILES string of the molecule is CC(C)C(NC(=O)Cn1c(-c2ccccc2)cc2c(=O)n(CC(N)=O)c(=O)[nH]c2c1=O)C(O[Si](C)(C)C(C)(C)C)C(F)(F)F. The second-order valence-corrected chi connectivity index (χ2v) is 17.3. The van der Waals surface area contributed by atoms with Gasteiger partial charge >= 0.3 is 11.9 Å². The highest BCUT2D eigenvalue weighted by Crippen LogP contribution is 2.41. The topological polar surface area (TPSA) is 158 Å². The lowest BCUT2D eigenvalue weighted by Gasteiger charge is -2.42. The molecule has 4 N–H and O–H groups in total. The van der Waals surface area contributed by atoms with E-state index in [4.69, 9.17) is 10.2 Å². The summed E-state index contributed by atoms with van der Waals surface area (Å²) >= 11 is 0. The number of amides is 2. The number of pyridine rings is 1. The molecule has 0 spiro atoms. The van der Waals surface area contributed by atoms with Gasteiger partial charge in [-0.3, -0.25) is 28.3 Å². The fraction of sp³-hybridized carbons (Fsp3) is 0.483. The largest absolute Gasteiger partial charge is 0.415 e. The molecule has 0 aliphatic rings. The summed E-state index contributed by atoms with van der Waals surface area (Å²) in [5.41, 5.74) is 2.24. The van der Waals surface area contributed by atoms with E-state index in [-0.39, 0.29) is 11.1 Å². The molecule has 2 unspecified atom stereocenters. The van der Waals surface area contributed by atoms with Crippen LogP contribution in [0.5, 0.6) is 0 Å². The summed E-state index contributed by atoms with van der Waals surface area (Å²) in [6.07, 6.45) is -7.12. The lowest BCUT2D eigenvalue weighted by atomic mass is 9.98.